The number of para-hydroxylation sites is 1. The highest BCUT2D eigenvalue weighted by Gasteiger charge is 2.19. The summed E-state index contributed by atoms with van der Waals surface area (Å²) in [4.78, 5) is 37.2. The zero-order valence-corrected chi connectivity index (χ0v) is 18.5. The first kappa shape index (κ1) is 21.8. The SMILES string of the molecule is CC(=O)Oc1ccc(-c2cccc(C(=O)Nc3c(C)n(C)n(-c4ccccc4)c3=O)c2)cc1. The predicted molar refractivity (Wildman–Crippen MR) is 127 cm³/mol. The van der Waals surface area contributed by atoms with E-state index in [9.17, 15) is 14.4 Å². The van der Waals surface area contributed by atoms with E-state index >= 15 is 0 Å². The van der Waals surface area contributed by atoms with Crippen LogP contribution in [0.5, 0.6) is 5.75 Å². The lowest BCUT2D eigenvalue weighted by molar-refractivity contribution is -0.131. The summed E-state index contributed by atoms with van der Waals surface area (Å²) < 4.78 is 8.30. The highest BCUT2D eigenvalue weighted by atomic mass is 16.5. The molecule has 0 atom stereocenters. The number of hydrogen-bond donors (Lipinski definition) is 1. The van der Waals surface area contributed by atoms with Crippen molar-refractivity contribution in [3.63, 3.8) is 0 Å². The summed E-state index contributed by atoms with van der Waals surface area (Å²) in [6.45, 7) is 3.14. The van der Waals surface area contributed by atoms with Crippen LogP contribution in [0.25, 0.3) is 16.8 Å². The van der Waals surface area contributed by atoms with Crippen molar-refractivity contribution in [2.24, 2.45) is 7.05 Å². The molecule has 0 fully saturated rings. The summed E-state index contributed by atoms with van der Waals surface area (Å²) in [6, 6.07) is 23.4. The molecule has 0 aliphatic carbocycles. The van der Waals surface area contributed by atoms with Gasteiger partial charge in [-0.1, -0.05) is 42.5 Å². The van der Waals surface area contributed by atoms with Gasteiger partial charge in [0, 0.05) is 19.5 Å². The van der Waals surface area contributed by atoms with Crippen molar-refractivity contribution < 1.29 is 14.3 Å². The van der Waals surface area contributed by atoms with E-state index in [0.717, 1.165) is 11.1 Å². The maximum atomic E-state index is 13.1. The zero-order valence-electron chi connectivity index (χ0n) is 18.5. The van der Waals surface area contributed by atoms with Crippen molar-refractivity contribution in [3.05, 3.63) is 100 Å². The number of benzene rings is 3. The van der Waals surface area contributed by atoms with Gasteiger partial charge in [-0.25, -0.2) is 4.68 Å². The van der Waals surface area contributed by atoms with E-state index in [0.29, 0.717) is 22.7 Å². The fraction of sp³-hybridized carbons (Fsp3) is 0.115. The minimum Gasteiger partial charge on any atom is -0.427 e. The molecule has 4 aromatic rings. The third-order valence-electron chi connectivity index (χ3n) is 5.37. The van der Waals surface area contributed by atoms with Gasteiger partial charge in [-0.05, 0) is 54.4 Å². The fourth-order valence-corrected chi connectivity index (χ4v) is 3.62. The van der Waals surface area contributed by atoms with Crippen LogP contribution in [0.15, 0.2) is 83.7 Å². The maximum Gasteiger partial charge on any atom is 0.308 e. The fourth-order valence-electron chi connectivity index (χ4n) is 3.62. The summed E-state index contributed by atoms with van der Waals surface area (Å²) >= 11 is 0. The third kappa shape index (κ3) is 4.48. The number of carbonyl (C=O) groups is 2. The average molecular weight is 441 g/mol. The van der Waals surface area contributed by atoms with Crippen LogP contribution in [0, 0.1) is 6.92 Å². The van der Waals surface area contributed by atoms with Crippen LogP contribution in [0.2, 0.25) is 0 Å². The van der Waals surface area contributed by atoms with Crippen molar-refractivity contribution in [1.29, 1.82) is 0 Å². The molecule has 1 aromatic heterocycles. The Morgan fingerprint density at radius 3 is 2.24 bits per heavy atom. The standard InChI is InChI=1S/C26H23N3O4/c1-17-24(26(32)29(28(17)3)22-10-5-4-6-11-22)27-25(31)21-9-7-8-20(16-21)19-12-14-23(15-13-19)33-18(2)30/h4-16H,1-3H3,(H,27,31). The summed E-state index contributed by atoms with van der Waals surface area (Å²) in [5, 5.41) is 2.78. The highest BCUT2D eigenvalue weighted by Crippen LogP contribution is 2.24. The number of carbonyl (C=O) groups excluding carboxylic acids is 2. The lowest BCUT2D eigenvalue weighted by atomic mass is 10.0. The molecule has 7 heteroatoms. The lowest BCUT2D eigenvalue weighted by Gasteiger charge is -2.08. The molecule has 33 heavy (non-hydrogen) atoms. The maximum absolute atomic E-state index is 13.1. The number of anilines is 1. The Kier molecular flexibility index (Phi) is 5.95. The molecule has 0 saturated heterocycles. The molecule has 0 bridgehead atoms. The van der Waals surface area contributed by atoms with Crippen LogP contribution in [0.1, 0.15) is 23.0 Å². The number of nitrogens with zero attached hydrogens (tertiary/aromatic N) is 2. The summed E-state index contributed by atoms with van der Waals surface area (Å²) in [5.41, 5.74) is 3.41. The molecule has 0 aliphatic heterocycles. The monoisotopic (exact) mass is 441 g/mol. The molecule has 0 unspecified atom stereocenters. The number of rotatable bonds is 5. The molecule has 4 rings (SSSR count). The number of amides is 1. The van der Waals surface area contributed by atoms with E-state index in [-0.39, 0.29) is 23.1 Å². The lowest BCUT2D eigenvalue weighted by Crippen LogP contribution is -2.22. The first-order valence-corrected chi connectivity index (χ1v) is 10.4. The largest absolute Gasteiger partial charge is 0.427 e. The Morgan fingerprint density at radius 1 is 0.879 bits per heavy atom. The zero-order chi connectivity index (χ0) is 23.5. The van der Waals surface area contributed by atoms with Gasteiger partial charge in [0.25, 0.3) is 11.5 Å². The second-order valence-corrected chi connectivity index (χ2v) is 7.59. The predicted octanol–water partition coefficient (Wildman–Crippen LogP) is 4.33. The third-order valence-corrected chi connectivity index (χ3v) is 5.37. The first-order valence-electron chi connectivity index (χ1n) is 10.4. The van der Waals surface area contributed by atoms with Gasteiger partial charge in [-0.3, -0.25) is 19.1 Å². The number of aromatic nitrogens is 2. The molecule has 3 aromatic carbocycles. The second kappa shape index (κ2) is 9.00. The quantitative estimate of drug-likeness (QED) is 0.369. The molecule has 0 saturated carbocycles. The summed E-state index contributed by atoms with van der Waals surface area (Å²) in [6.07, 6.45) is 0. The van der Waals surface area contributed by atoms with E-state index in [1.54, 1.807) is 49.0 Å². The van der Waals surface area contributed by atoms with Crippen molar-refractivity contribution >= 4 is 17.6 Å². The van der Waals surface area contributed by atoms with E-state index in [1.165, 1.54) is 11.6 Å². The minimum absolute atomic E-state index is 0.238. The van der Waals surface area contributed by atoms with Gasteiger partial charge < -0.3 is 10.1 Å². The van der Waals surface area contributed by atoms with Crippen LogP contribution in [0.4, 0.5) is 5.69 Å². The number of hydrogen-bond acceptors (Lipinski definition) is 4. The molecule has 0 radical (unpaired) electrons. The van der Waals surface area contributed by atoms with Crippen molar-refractivity contribution in [2.45, 2.75) is 13.8 Å². The van der Waals surface area contributed by atoms with Crippen LogP contribution in [-0.2, 0) is 11.8 Å². The topological polar surface area (TPSA) is 82.3 Å². The van der Waals surface area contributed by atoms with Gasteiger partial charge in [-0.2, -0.15) is 0 Å². The Morgan fingerprint density at radius 2 is 1.58 bits per heavy atom. The van der Waals surface area contributed by atoms with E-state index in [1.807, 2.05) is 48.5 Å². The summed E-state index contributed by atoms with van der Waals surface area (Å²) in [7, 11) is 1.78. The number of ether oxygens (including phenoxy) is 1. The molecular formula is C26H23N3O4. The van der Waals surface area contributed by atoms with Crippen molar-refractivity contribution in [3.8, 4) is 22.6 Å². The van der Waals surface area contributed by atoms with E-state index in [4.69, 9.17) is 4.74 Å². The van der Waals surface area contributed by atoms with E-state index < -0.39 is 0 Å². The minimum atomic E-state index is -0.385. The molecule has 0 aliphatic rings. The van der Waals surface area contributed by atoms with Crippen molar-refractivity contribution in [2.75, 3.05) is 5.32 Å². The number of nitrogens with one attached hydrogen (secondary N) is 1. The molecule has 1 N–H and O–H groups in total. The molecule has 1 amide bonds. The Hall–Kier alpha value is -4.39. The molecule has 166 valence electrons. The van der Waals surface area contributed by atoms with Gasteiger partial charge in [-0.15, -0.1) is 0 Å². The average Bonchev–Trinajstić information content (AvgIpc) is 3.03. The Bertz CT molecular complexity index is 1380. The number of esters is 1. The second-order valence-electron chi connectivity index (χ2n) is 7.59. The van der Waals surface area contributed by atoms with Gasteiger partial charge in [0.05, 0.1) is 11.4 Å². The Balaban J connectivity index is 1.60. The van der Waals surface area contributed by atoms with Gasteiger partial charge in [0.15, 0.2) is 0 Å². The first-order chi connectivity index (χ1) is 15.8. The molecule has 1 heterocycles. The molecular weight excluding hydrogens is 418 g/mol. The van der Waals surface area contributed by atoms with Crippen LogP contribution < -0.4 is 15.6 Å². The molecule has 0 spiro atoms. The highest BCUT2D eigenvalue weighted by molar-refractivity contribution is 6.05. The summed E-state index contributed by atoms with van der Waals surface area (Å²) in [5.74, 6) is -0.308. The Labute approximate surface area is 190 Å². The van der Waals surface area contributed by atoms with E-state index in [2.05, 4.69) is 5.32 Å². The van der Waals surface area contributed by atoms with Crippen LogP contribution in [-0.4, -0.2) is 21.2 Å². The van der Waals surface area contributed by atoms with Crippen molar-refractivity contribution in [1.82, 2.24) is 9.36 Å². The van der Waals surface area contributed by atoms with Gasteiger partial charge >= 0.3 is 5.97 Å². The van der Waals surface area contributed by atoms with Gasteiger partial charge in [0.2, 0.25) is 0 Å². The van der Waals surface area contributed by atoms with Crippen LogP contribution >= 0.6 is 0 Å². The van der Waals surface area contributed by atoms with Gasteiger partial charge in [0.1, 0.15) is 11.4 Å². The smallest absolute Gasteiger partial charge is 0.308 e. The molecule has 7 nitrogen and oxygen atoms in total. The normalized spacial score (nSPS) is 10.6. The van der Waals surface area contributed by atoms with Crippen LogP contribution in [0.3, 0.4) is 0 Å².